The SMILES string of the molecule is CCOc1cc(CCN)cc(Br)c1OCCCSCC. The van der Waals surface area contributed by atoms with Gasteiger partial charge in [-0.25, -0.2) is 0 Å². The minimum Gasteiger partial charge on any atom is -0.490 e. The van der Waals surface area contributed by atoms with Crippen molar-refractivity contribution in [2.45, 2.75) is 26.7 Å². The third kappa shape index (κ3) is 5.94. The number of ether oxygens (including phenoxy) is 2. The summed E-state index contributed by atoms with van der Waals surface area (Å²) in [7, 11) is 0. The molecule has 0 saturated carbocycles. The van der Waals surface area contributed by atoms with E-state index in [1.54, 1.807) is 0 Å². The standard InChI is InChI=1S/C15H24BrNO2S/c1-3-18-14-11-12(6-7-17)10-13(16)15(14)19-8-5-9-20-4-2/h10-11H,3-9,17H2,1-2H3. The fraction of sp³-hybridized carbons (Fsp3) is 0.600. The minimum absolute atomic E-state index is 0.626. The van der Waals surface area contributed by atoms with Gasteiger partial charge in [0.05, 0.1) is 17.7 Å². The van der Waals surface area contributed by atoms with E-state index >= 15 is 0 Å². The molecule has 0 unspecified atom stereocenters. The number of hydrogen-bond acceptors (Lipinski definition) is 4. The van der Waals surface area contributed by atoms with E-state index in [2.05, 4.69) is 28.9 Å². The Kier molecular flexibility index (Phi) is 9.14. The van der Waals surface area contributed by atoms with Crippen molar-refractivity contribution in [1.82, 2.24) is 0 Å². The maximum absolute atomic E-state index is 5.88. The maximum Gasteiger partial charge on any atom is 0.175 e. The predicted octanol–water partition coefficient (Wildman–Crippen LogP) is 3.87. The highest BCUT2D eigenvalue weighted by atomic mass is 79.9. The van der Waals surface area contributed by atoms with Crippen LogP contribution in [0.15, 0.2) is 16.6 Å². The highest BCUT2D eigenvalue weighted by Gasteiger charge is 2.12. The van der Waals surface area contributed by atoms with E-state index in [-0.39, 0.29) is 0 Å². The van der Waals surface area contributed by atoms with Crippen molar-refractivity contribution in [2.75, 3.05) is 31.3 Å². The molecule has 0 aliphatic rings. The Bertz CT molecular complexity index is 402. The summed E-state index contributed by atoms with van der Waals surface area (Å²) < 4.78 is 12.5. The average Bonchev–Trinajstić information content (AvgIpc) is 2.42. The molecule has 0 fully saturated rings. The van der Waals surface area contributed by atoms with Crippen molar-refractivity contribution in [3.63, 3.8) is 0 Å². The second-order valence-corrected chi connectivity index (χ2v) is 6.52. The first-order valence-electron chi connectivity index (χ1n) is 7.08. The molecule has 0 heterocycles. The van der Waals surface area contributed by atoms with E-state index in [1.165, 1.54) is 0 Å². The highest BCUT2D eigenvalue weighted by molar-refractivity contribution is 9.10. The van der Waals surface area contributed by atoms with Crippen LogP contribution in [0.2, 0.25) is 0 Å². The lowest BCUT2D eigenvalue weighted by Crippen LogP contribution is -2.06. The molecule has 0 saturated heterocycles. The molecule has 1 aromatic carbocycles. The van der Waals surface area contributed by atoms with Gasteiger partial charge in [0, 0.05) is 0 Å². The molecule has 3 nitrogen and oxygen atoms in total. The van der Waals surface area contributed by atoms with E-state index < -0.39 is 0 Å². The van der Waals surface area contributed by atoms with Gasteiger partial charge in [-0.15, -0.1) is 0 Å². The number of halogens is 1. The van der Waals surface area contributed by atoms with E-state index in [4.69, 9.17) is 15.2 Å². The molecular weight excluding hydrogens is 338 g/mol. The second-order valence-electron chi connectivity index (χ2n) is 4.28. The fourth-order valence-corrected chi connectivity index (χ4v) is 3.03. The van der Waals surface area contributed by atoms with E-state index in [0.717, 1.165) is 45.9 Å². The summed E-state index contributed by atoms with van der Waals surface area (Å²) in [4.78, 5) is 0. The number of benzene rings is 1. The monoisotopic (exact) mass is 361 g/mol. The molecule has 1 rings (SSSR count). The molecule has 0 radical (unpaired) electrons. The zero-order chi connectivity index (χ0) is 14.8. The second kappa shape index (κ2) is 10.4. The van der Waals surface area contributed by atoms with Gasteiger partial charge in [0.15, 0.2) is 11.5 Å². The molecule has 0 aliphatic carbocycles. The Balaban J connectivity index is 2.71. The van der Waals surface area contributed by atoms with Gasteiger partial charge in [0.25, 0.3) is 0 Å². The van der Waals surface area contributed by atoms with Crippen molar-refractivity contribution in [2.24, 2.45) is 5.73 Å². The van der Waals surface area contributed by atoms with Crippen LogP contribution < -0.4 is 15.2 Å². The van der Waals surface area contributed by atoms with Gasteiger partial charge in [0.2, 0.25) is 0 Å². The topological polar surface area (TPSA) is 44.5 Å². The van der Waals surface area contributed by atoms with Crippen LogP contribution in [-0.4, -0.2) is 31.3 Å². The average molecular weight is 362 g/mol. The number of thioether (sulfide) groups is 1. The summed E-state index contributed by atoms with van der Waals surface area (Å²) in [6.45, 7) is 6.12. The van der Waals surface area contributed by atoms with Crippen LogP contribution in [-0.2, 0) is 6.42 Å². The van der Waals surface area contributed by atoms with Crippen LogP contribution >= 0.6 is 27.7 Å². The summed E-state index contributed by atoms with van der Waals surface area (Å²) in [5.41, 5.74) is 6.77. The Morgan fingerprint density at radius 2 is 2.05 bits per heavy atom. The Hall–Kier alpha value is -0.390. The van der Waals surface area contributed by atoms with Gasteiger partial charge >= 0.3 is 0 Å². The van der Waals surface area contributed by atoms with Crippen LogP contribution in [0.3, 0.4) is 0 Å². The zero-order valence-electron chi connectivity index (χ0n) is 12.3. The molecule has 0 aromatic heterocycles. The van der Waals surface area contributed by atoms with Crippen molar-refractivity contribution in [1.29, 1.82) is 0 Å². The quantitative estimate of drug-likeness (QED) is 0.642. The van der Waals surface area contributed by atoms with Crippen molar-refractivity contribution >= 4 is 27.7 Å². The van der Waals surface area contributed by atoms with Crippen molar-refractivity contribution < 1.29 is 9.47 Å². The lowest BCUT2D eigenvalue weighted by atomic mass is 10.1. The fourth-order valence-electron chi connectivity index (χ4n) is 1.81. The maximum atomic E-state index is 5.88. The normalized spacial score (nSPS) is 10.6. The van der Waals surface area contributed by atoms with Gasteiger partial charge < -0.3 is 15.2 Å². The molecule has 0 amide bonds. The van der Waals surface area contributed by atoms with E-state index in [9.17, 15) is 0 Å². The molecule has 114 valence electrons. The van der Waals surface area contributed by atoms with Crippen LogP contribution in [0.1, 0.15) is 25.8 Å². The van der Waals surface area contributed by atoms with Crippen LogP contribution in [0.25, 0.3) is 0 Å². The van der Waals surface area contributed by atoms with E-state index in [1.807, 2.05) is 24.8 Å². The van der Waals surface area contributed by atoms with Gasteiger partial charge in [-0.1, -0.05) is 6.92 Å². The lowest BCUT2D eigenvalue weighted by Gasteiger charge is -2.15. The van der Waals surface area contributed by atoms with Crippen molar-refractivity contribution in [3.8, 4) is 11.5 Å². The lowest BCUT2D eigenvalue weighted by molar-refractivity contribution is 0.276. The number of hydrogen-bond donors (Lipinski definition) is 1. The van der Waals surface area contributed by atoms with Gasteiger partial charge in [-0.2, -0.15) is 11.8 Å². The van der Waals surface area contributed by atoms with Crippen LogP contribution in [0.5, 0.6) is 11.5 Å². The molecule has 1 aromatic rings. The Labute approximate surface area is 134 Å². The Morgan fingerprint density at radius 3 is 2.70 bits per heavy atom. The van der Waals surface area contributed by atoms with E-state index in [0.29, 0.717) is 19.8 Å². The summed E-state index contributed by atoms with van der Waals surface area (Å²) in [6, 6.07) is 4.09. The molecular formula is C15H24BrNO2S. The molecule has 0 spiro atoms. The van der Waals surface area contributed by atoms with Gasteiger partial charge in [-0.3, -0.25) is 0 Å². The Morgan fingerprint density at radius 1 is 1.25 bits per heavy atom. The summed E-state index contributed by atoms with van der Waals surface area (Å²) in [5.74, 6) is 3.88. The van der Waals surface area contributed by atoms with Crippen LogP contribution in [0, 0.1) is 0 Å². The summed E-state index contributed by atoms with van der Waals surface area (Å²) >= 11 is 5.50. The first-order chi connectivity index (χ1) is 9.72. The highest BCUT2D eigenvalue weighted by Crippen LogP contribution is 2.37. The van der Waals surface area contributed by atoms with Crippen LogP contribution in [0.4, 0.5) is 0 Å². The smallest absolute Gasteiger partial charge is 0.175 e. The summed E-state index contributed by atoms with van der Waals surface area (Å²) in [5, 5.41) is 0. The summed E-state index contributed by atoms with van der Waals surface area (Å²) in [6.07, 6.45) is 1.88. The third-order valence-electron chi connectivity index (χ3n) is 2.69. The first-order valence-corrected chi connectivity index (χ1v) is 9.03. The molecule has 2 N–H and O–H groups in total. The molecule has 0 atom stereocenters. The number of nitrogens with two attached hydrogens (primary N) is 1. The molecule has 5 heteroatoms. The van der Waals surface area contributed by atoms with Gasteiger partial charge in [-0.05, 0) is 71.4 Å². The molecule has 0 aliphatic heterocycles. The first kappa shape index (κ1) is 17.7. The molecule has 0 bridgehead atoms. The molecule has 20 heavy (non-hydrogen) atoms. The number of rotatable bonds is 10. The zero-order valence-corrected chi connectivity index (χ0v) is 14.7. The van der Waals surface area contributed by atoms with Gasteiger partial charge in [0.1, 0.15) is 0 Å². The minimum atomic E-state index is 0.626. The largest absolute Gasteiger partial charge is 0.490 e. The van der Waals surface area contributed by atoms with Crippen molar-refractivity contribution in [3.05, 3.63) is 22.2 Å². The third-order valence-corrected chi connectivity index (χ3v) is 4.26. The predicted molar refractivity (Wildman–Crippen MR) is 91.2 cm³/mol.